The van der Waals surface area contributed by atoms with Gasteiger partial charge in [0, 0.05) is 24.7 Å². The molecule has 1 aliphatic heterocycles. The highest BCUT2D eigenvalue weighted by Crippen LogP contribution is 2.41. The van der Waals surface area contributed by atoms with Crippen molar-refractivity contribution in [2.75, 3.05) is 19.6 Å². The Labute approximate surface area is 160 Å². The number of aryl methyl sites for hydroxylation is 1. The number of aromatic nitrogens is 3. The van der Waals surface area contributed by atoms with Crippen LogP contribution in [-0.2, 0) is 5.54 Å². The van der Waals surface area contributed by atoms with E-state index in [4.69, 9.17) is 10.1 Å². The summed E-state index contributed by atoms with van der Waals surface area (Å²) < 4.78 is 1.97. The lowest BCUT2D eigenvalue weighted by molar-refractivity contribution is 0.0958. The fourth-order valence-electron chi connectivity index (χ4n) is 3.66. The maximum atomic E-state index is 13.1. The predicted molar refractivity (Wildman–Crippen MR) is 107 cm³/mol. The number of hydrogen-bond acceptors (Lipinski definition) is 4. The van der Waals surface area contributed by atoms with Crippen LogP contribution in [0.25, 0.3) is 11.0 Å². The van der Waals surface area contributed by atoms with E-state index in [1.807, 2.05) is 17.7 Å². The number of hydrogen-bond donors (Lipinski definition) is 2. The van der Waals surface area contributed by atoms with Gasteiger partial charge in [0.05, 0.1) is 22.2 Å². The molecule has 0 spiro atoms. The van der Waals surface area contributed by atoms with Crippen LogP contribution in [0.4, 0.5) is 0 Å². The lowest BCUT2D eigenvalue weighted by Crippen LogP contribution is -2.30. The van der Waals surface area contributed by atoms with Crippen LogP contribution < -0.4 is 10.6 Å². The normalized spacial score (nSPS) is 17.9. The van der Waals surface area contributed by atoms with Crippen molar-refractivity contribution >= 4 is 16.9 Å². The molecule has 1 amide bonds. The van der Waals surface area contributed by atoms with Gasteiger partial charge in [-0.3, -0.25) is 4.79 Å². The summed E-state index contributed by atoms with van der Waals surface area (Å²) in [5.74, 6) is 0.456. The van der Waals surface area contributed by atoms with Crippen molar-refractivity contribution < 1.29 is 4.79 Å². The van der Waals surface area contributed by atoms with Crippen molar-refractivity contribution in [2.24, 2.45) is 0 Å². The van der Waals surface area contributed by atoms with Crippen molar-refractivity contribution in [1.29, 1.82) is 0 Å². The first-order valence-corrected chi connectivity index (χ1v) is 9.92. The first-order valence-electron chi connectivity index (χ1n) is 9.92. The van der Waals surface area contributed by atoms with Gasteiger partial charge in [-0.2, -0.15) is 5.10 Å². The number of rotatable bonds is 4. The molecular formula is C21H29N5O. The number of nitrogens with zero attached hydrogens (tertiary/aromatic N) is 3. The third-order valence-corrected chi connectivity index (χ3v) is 5.34. The average Bonchev–Trinajstić information content (AvgIpc) is 3.43. The summed E-state index contributed by atoms with van der Waals surface area (Å²) in [6, 6.07) is 1.99. The molecule has 0 unspecified atom stereocenters. The highest BCUT2D eigenvalue weighted by atomic mass is 16.1. The largest absolute Gasteiger partial charge is 0.348 e. The molecule has 0 saturated heterocycles. The van der Waals surface area contributed by atoms with E-state index in [1.165, 1.54) is 5.57 Å². The zero-order chi connectivity index (χ0) is 19.2. The monoisotopic (exact) mass is 367 g/mol. The lowest BCUT2D eigenvalue weighted by Gasteiger charge is -2.20. The molecule has 0 aromatic carbocycles. The minimum Gasteiger partial charge on any atom is -0.348 e. The van der Waals surface area contributed by atoms with Gasteiger partial charge in [0.25, 0.3) is 5.91 Å². The Kier molecular flexibility index (Phi) is 4.54. The Morgan fingerprint density at radius 3 is 2.78 bits per heavy atom. The van der Waals surface area contributed by atoms with Crippen molar-refractivity contribution in [3.63, 3.8) is 0 Å². The molecule has 27 heavy (non-hydrogen) atoms. The quantitative estimate of drug-likeness (QED) is 0.815. The maximum absolute atomic E-state index is 13.1. The molecule has 1 aliphatic carbocycles. The number of fused-ring (bicyclic) bond motifs is 1. The van der Waals surface area contributed by atoms with E-state index in [0.717, 1.165) is 54.8 Å². The molecule has 2 aliphatic rings. The molecular weight excluding hydrogens is 338 g/mol. The van der Waals surface area contributed by atoms with Crippen molar-refractivity contribution in [2.45, 2.75) is 58.4 Å². The Bertz CT molecular complexity index is 915. The fourth-order valence-corrected chi connectivity index (χ4v) is 3.66. The van der Waals surface area contributed by atoms with Gasteiger partial charge >= 0.3 is 0 Å². The van der Waals surface area contributed by atoms with Gasteiger partial charge in [-0.15, -0.1) is 0 Å². The summed E-state index contributed by atoms with van der Waals surface area (Å²) in [4.78, 5) is 18.0. The van der Waals surface area contributed by atoms with E-state index in [0.29, 0.717) is 18.0 Å². The second-order valence-corrected chi connectivity index (χ2v) is 8.73. The molecule has 6 nitrogen and oxygen atoms in total. The SMILES string of the molecule is Cc1nn(C(C)(C)C)c2nc(C3CC3)cc(C(=O)NCC3=CCNCC3)c12. The van der Waals surface area contributed by atoms with Gasteiger partial charge < -0.3 is 10.6 Å². The third-order valence-electron chi connectivity index (χ3n) is 5.34. The van der Waals surface area contributed by atoms with Crippen LogP contribution in [0.3, 0.4) is 0 Å². The Morgan fingerprint density at radius 2 is 2.15 bits per heavy atom. The van der Waals surface area contributed by atoms with Gasteiger partial charge in [-0.25, -0.2) is 9.67 Å². The minimum absolute atomic E-state index is 0.0275. The molecule has 2 aromatic rings. The topological polar surface area (TPSA) is 71.8 Å². The van der Waals surface area contributed by atoms with Gasteiger partial charge in [-0.05, 0) is 59.6 Å². The second-order valence-electron chi connectivity index (χ2n) is 8.73. The smallest absolute Gasteiger partial charge is 0.252 e. The Hall–Kier alpha value is -2.21. The highest BCUT2D eigenvalue weighted by molar-refractivity contribution is 6.06. The number of pyridine rings is 1. The van der Waals surface area contributed by atoms with E-state index in [2.05, 4.69) is 37.5 Å². The summed E-state index contributed by atoms with van der Waals surface area (Å²) in [7, 11) is 0. The van der Waals surface area contributed by atoms with Crippen LogP contribution >= 0.6 is 0 Å². The van der Waals surface area contributed by atoms with Crippen LogP contribution in [0.1, 0.15) is 67.7 Å². The first-order chi connectivity index (χ1) is 12.8. The second kappa shape index (κ2) is 6.75. The average molecular weight is 367 g/mol. The molecule has 1 saturated carbocycles. The molecule has 2 N–H and O–H groups in total. The first kappa shape index (κ1) is 18.2. The fraction of sp³-hybridized carbons (Fsp3) is 0.571. The van der Waals surface area contributed by atoms with Gasteiger partial charge in [0.15, 0.2) is 5.65 Å². The van der Waals surface area contributed by atoms with E-state index < -0.39 is 0 Å². The Morgan fingerprint density at radius 1 is 1.37 bits per heavy atom. The molecule has 6 heteroatoms. The Balaban J connectivity index is 1.73. The molecule has 1 fully saturated rings. The maximum Gasteiger partial charge on any atom is 0.252 e. The summed E-state index contributed by atoms with van der Waals surface area (Å²) in [6.45, 7) is 10.8. The molecule has 2 aromatic heterocycles. The molecule has 3 heterocycles. The van der Waals surface area contributed by atoms with Gasteiger partial charge in [0.1, 0.15) is 0 Å². The summed E-state index contributed by atoms with van der Waals surface area (Å²) in [5, 5.41) is 12.0. The molecule has 0 bridgehead atoms. The van der Waals surface area contributed by atoms with Crippen molar-refractivity contribution in [1.82, 2.24) is 25.4 Å². The molecule has 0 atom stereocenters. The zero-order valence-electron chi connectivity index (χ0n) is 16.7. The lowest BCUT2D eigenvalue weighted by atomic mass is 10.1. The van der Waals surface area contributed by atoms with E-state index in [1.54, 1.807) is 0 Å². The number of carbonyl (C=O) groups excluding carboxylic acids is 1. The number of carbonyl (C=O) groups is 1. The summed E-state index contributed by atoms with van der Waals surface area (Å²) in [5.41, 5.74) is 4.53. The van der Waals surface area contributed by atoms with Gasteiger partial charge in [0.2, 0.25) is 0 Å². The number of nitrogens with one attached hydrogen (secondary N) is 2. The predicted octanol–water partition coefficient (Wildman–Crippen LogP) is 3.02. The zero-order valence-corrected chi connectivity index (χ0v) is 16.7. The van der Waals surface area contributed by atoms with Crippen LogP contribution in [0.5, 0.6) is 0 Å². The number of amides is 1. The highest BCUT2D eigenvalue weighted by Gasteiger charge is 2.30. The van der Waals surface area contributed by atoms with Crippen LogP contribution in [0.2, 0.25) is 0 Å². The summed E-state index contributed by atoms with van der Waals surface area (Å²) >= 11 is 0. The third kappa shape index (κ3) is 3.63. The van der Waals surface area contributed by atoms with Gasteiger partial charge in [-0.1, -0.05) is 11.6 Å². The van der Waals surface area contributed by atoms with Crippen LogP contribution in [0, 0.1) is 6.92 Å². The van der Waals surface area contributed by atoms with Crippen LogP contribution in [0.15, 0.2) is 17.7 Å². The minimum atomic E-state index is -0.185. The molecule has 0 radical (unpaired) electrons. The molecule has 144 valence electrons. The van der Waals surface area contributed by atoms with E-state index >= 15 is 0 Å². The summed E-state index contributed by atoms with van der Waals surface area (Å²) in [6.07, 6.45) is 5.47. The van der Waals surface area contributed by atoms with Crippen molar-refractivity contribution in [3.05, 3.63) is 34.7 Å². The van der Waals surface area contributed by atoms with Crippen molar-refractivity contribution in [3.8, 4) is 0 Å². The van der Waals surface area contributed by atoms with E-state index in [9.17, 15) is 4.79 Å². The van der Waals surface area contributed by atoms with Crippen LogP contribution in [-0.4, -0.2) is 40.3 Å². The standard InChI is InChI=1S/C21H29N5O/c1-13-18-16(20(27)23-12-14-7-9-22-10-8-14)11-17(15-5-6-15)24-19(18)26(25-13)21(2,3)4/h7,11,15,22H,5-6,8-10,12H2,1-4H3,(H,23,27). The molecule has 4 rings (SSSR count). The van der Waals surface area contributed by atoms with E-state index in [-0.39, 0.29) is 11.4 Å².